The highest BCUT2D eigenvalue weighted by molar-refractivity contribution is 8.14. The molecule has 1 aromatic carbocycles. The lowest BCUT2D eigenvalue weighted by atomic mass is 10.3. The zero-order valence-electron chi connectivity index (χ0n) is 9.69. The summed E-state index contributed by atoms with van der Waals surface area (Å²) < 4.78 is 0. The SMILES string of the molecule is CC(=O)Nc1cccc(NC2=NCCCS2)c1. The predicted octanol–water partition coefficient (Wildman–Crippen LogP) is 2.55. The Morgan fingerprint density at radius 3 is 2.94 bits per heavy atom. The molecule has 0 saturated carbocycles. The first kappa shape index (κ1) is 12.0. The van der Waals surface area contributed by atoms with Gasteiger partial charge in [0.15, 0.2) is 5.17 Å². The fraction of sp³-hybridized carbons (Fsp3) is 0.333. The molecule has 0 spiro atoms. The van der Waals surface area contributed by atoms with Gasteiger partial charge in [-0.2, -0.15) is 0 Å². The summed E-state index contributed by atoms with van der Waals surface area (Å²) in [5, 5.41) is 6.97. The molecule has 0 radical (unpaired) electrons. The Morgan fingerprint density at radius 2 is 2.24 bits per heavy atom. The second-order valence-corrected chi connectivity index (χ2v) is 4.86. The van der Waals surface area contributed by atoms with Crippen molar-refractivity contribution in [1.82, 2.24) is 0 Å². The van der Waals surface area contributed by atoms with Crippen LogP contribution in [-0.2, 0) is 4.79 Å². The third-order valence-electron chi connectivity index (χ3n) is 2.23. The molecule has 0 bridgehead atoms. The molecule has 0 aliphatic carbocycles. The number of carbonyl (C=O) groups is 1. The molecule has 17 heavy (non-hydrogen) atoms. The van der Waals surface area contributed by atoms with Gasteiger partial charge in [-0.15, -0.1) is 0 Å². The maximum Gasteiger partial charge on any atom is 0.221 e. The molecular formula is C12H15N3OS. The second-order valence-electron chi connectivity index (χ2n) is 3.78. The van der Waals surface area contributed by atoms with Crippen LogP contribution >= 0.6 is 11.8 Å². The van der Waals surface area contributed by atoms with Crippen molar-refractivity contribution in [3.63, 3.8) is 0 Å². The number of carbonyl (C=O) groups excluding carboxylic acids is 1. The van der Waals surface area contributed by atoms with Gasteiger partial charge in [0.05, 0.1) is 0 Å². The minimum absolute atomic E-state index is 0.0634. The van der Waals surface area contributed by atoms with E-state index >= 15 is 0 Å². The van der Waals surface area contributed by atoms with Gasteiger partial charge in [-0.3, -0.25) is 9.79 Å². The van der Waals surface area contributed by atoms with Crippen molar-refractivity contribution in [1.29, 1.82) is 0 Å². The molecule has 0 aromatic heterocycles. The van der Waals surface area contributed by atoms with E-state index in [1.54, 1.807) is 11.8 Å². The van der Waals surface area contributed by atoms with E-state index in [9.17, 15) is 4.79 Å². The zero-order chi connectivity index (χ0) is 12.1. The van der Waals surface area contributed by atoms with Crippen molar-refractivity contribution in [2.24, 2.45) is 4.99 Å². The number of nitrogens with one attached hydrogen (secondary N) is 2. The molecule has 4 nitrogen and oxygen atoms in total. The maximum atomic E-state index is 11.0. The maximum absolute atomic E-state index is 11.0. The van der Waals surface area contributed by atoms with Crippen LogP contribution in [0.1, 0.15) is 13.3 Å². The summed E-state index contributed by atoms with van der Waals surface area (Å²) in [6.45, 7) is 2.39. The van der Waals surface area contributed by atoms with Crippen molar-refractivity contribution in [3.8, 4) is 0 Å². The summed E-state index contributed by atoms with van der Waals surface area (Å²) in [4.78, 5) is 15.4. The summed E-state index contributed by atoms with van der Waals surface area (Å²) in [6.07, 6.45) is 1.14. The van der Waals surface area contributed by atoms with E-state index in [2.05, 4.69) is 15.6 Å². The molecule has 2 N–H and O–H groups in total. The number of benzene rings is 1. The molecule has 90 valence electrons. The third-order valence-corrected chi connectivity index (χ3v) is 3.23. The molecule has 1 aliphatic rings. The average Bonchev–Trinajstić information content (AvgIpc) is 2.30. The van der Waals surface area contributed by atoms with Gasteiger partial charge < -0.3 is 10.6 Å². The summed E-state index contributed by atoms with van der Waals surface area (Å²) in [6, 6.07) is 7.63. The van der Waals surface area contributed by atoms with Crippen LogP contribution in [0.3, 0.4) is 0 Å². The normalized spacial score (nSPS) is 15.0. The third kappa shape index (κ3) is 3.78. The van der Waals surface area contributed by atoms with Crippen LogP contribution in [0.2, 0.25) is 0 Å². The van der Waals surface area contributed by atoms with Crippen LogP contribution in [0.15, 0.2) is 29.3 Å². The average molecular weight is 249 g/mol. The number of aliphatic imine (C=N–C) groups is 1. The van der Waals surface area contributed by atoms with E-state index in [-0.39, 0.29) is 5.91 Å². The molecule has 1 heterocycles. The van der Waals surface area contributed by atoms with Gasteiger partial charge in [-0.05, 0) is 24.6 Å². The first-order valence-electron chi connectivity index (χ1n) is 5.56. The summed E-state index contributed by atoms with van der Waals surface area (Å²) in [7, 11) is 0. The van der Waals surface area contributed by atoms with Crippen molar-refractivity contribution in [2.45, 2.75) is 13.3 Å². The van der Waals surface area contributed by atoms with Crippen LogP contribution in [0, 0.1) is 0 Å². The zero-order valence-corrected chi connectivity index (χ0v) is 10.5. The quantitative estimate of drug-likeness (QED) is 0.847. The van der Waals surface area contributed by atoms with Crippen LogP contribution < -0.4 is 10.6 Å². The van der Waals surface area contributed by atoms with Crippen LogP contribution in [0.25, 0.3) is 0 Å². The molecule has 0 unspecified atom stereocenters. The van der Waals surface area contributed by atoms with Gasteiger partial charge in [-0.1, -0.05) is 17.8 Å². The fourth-order valence-electron chi connectivity index (χ4n) is 1.54. The highest BCUT2D eigenvalue weighted by Crippen LogP contribution is 2.19. The Morgan fingerprint density at radius 1 is 1.41 bits per heavy atom. The molecular weight excluding hydrogens is 234 g/mol. The largest absolute Gasteiger partial charge is 0.335 e. The van der Waals surface area contributed by atoms with Gasteiger partial charge in [-0.25, -0.2) is 0 Å². The van der Waals surface area contributed by atoms with E-state index in [0.717, 1.165) is 35.3 Å². The van der Waals surface area contributed by atoms with Crippen molar-refractivity contribution in [3.05, 3.63) is 24.3 Å². The Kier molecular flexibility index (Phi) is 4.03. The molecule has 0 atom stereocenters. The van der Waals surface area contributed by atoms with Gasteiger partial charge >= 0.3 is 0 Å². The minimum Gasteiger partial charge on any atom is -0.335 e. The monoisotopic (exact) mass is 249 g/mol. The number of rotatable bonds is 2. The highest BCUT2D eigenvalue weighted by atomic mass is 32.2. The molecule has 0 fully saturated rings. The number of anilines is 2. The minimum atomic E-state index is -0.0634. The number of amides is 1. The van der Waals surface area contributed by atoms with Crippen LogP contribution in [0.4, 0.5) is 11.4 Å². The van der Waals surface area contributed by atoms with Gasteiger partial charge in [0.2, 0.25) is 5.91 Å². The number of thioether (sulfide) groups is 1. The lowest BCUT2D eigenvalue weighted by Gasteiger charge is -2.13. The first-order valence-corrected chi connectivity index (χ1v) is 6.54. The number of hydrogen-bond acceptors (Lipinski definition) is 4. The first-order chi connectivity index (χ1) is 8.24. The summed E-state index contributed by atoms with van der Waals surface area (Å²) in [5.74, 6) is 1.04. The lowest BCUT2D eigenvalue weighted by Crippen LogP contribution is -2.13. The molecule has 1 aliphatic heterocycles. The number of hydrogen-bond donors (Lipinski definition) is 2. The predicted molar refractivity (Wildman–Crippen MR) is 73.7 cm³/mol. The smallest absolute Gasteiger partial charge is 0.221 e. The number of amidine groups is 1. The van der Waals surface area contributed by atoms with E-state index in [4.69, 9.17) is 0 Å². The van der Waals surface area contributed by atoms with Gasteiger partial charge in [0.1, 0.15) is 0 Å². The Labute approximate surface area is 105 Å². The van der Waals surface area contributed by atoms with Gasteiger partial charge in [0.25, 0.3) is 0 Å². The van der Waals surface area contributed by atoms with Crippen molar-refractivity contribution < 1.29 is 4.79 Å². The Hall–Kier alpha value is -1.49. The van der Waals surface area contributed by atoms with Gasteiger partial charge in [0, 0.05) is 30.6 Å². The lowest BCUT2D eigenvalue weighted by molar-refractivity contribution is -0.114. The molecule has 1 amide bonds. The highest BCUT2D eigenvalue weighted by Gasteiger charge is 2.06. The number of nitrogens with zero attached hydrogens (tertiary/aromatic N) is 1. The summed E-state index contributed by atoms with van der Waals surface area (Å²) in [5.41, 5.74) is 1.74. The van der Waals surface area contributed by atoms with E-state index in [1.165, 1.54) is 6.92 Å². The van der Waals surface area contributed by atoms with E-state index < -0.39 is 0 Å². The standard InChI is InChI=1S/C12H15N3OS/c1-9(16)14-10-4-2-5-11(8-10)15-12-13-6-3-7-17-12/h2,4-5,8H,3,6-7H2,1H3,(H,13,15)(H,14,16). The van der Waals surface area contributed by atoms with Crippen LogP contribution in [0.5, 0.6) is 0 Å². The Balaban J connectivity index is 2.05. The topological polar surface area (TPSA) is 53.5 Å². The Bertz CT molecular complexity index is 445. The molecule has 2 rings (SSSR count). The fourth-order valence-corrected chi connectivity index (χ4v) is 2.38. The van der Waals surface area contributed by atoms with E-state index in [0.29, 0.717) is 0 Å². The van der Waals surface area contributed by atoms with Crippen molar-refractivity contribution >= 4 is 34.2 Å². The van der Waals surface area contributed by atoms with E-state index in [1.807, 2.05) is 24.3 Å². The second kappa shape index (κ2) is 5.72. The molecule has 0 saturated heterocycles. The van der Waals surface area contributed by atoms with Crippen molar-refractivity contribution in [2.75, 3.05) is 22.9 Å². The molecule has 5 heteroatoms. The summed E-state index contributed by atoms with van der Waals surface area (Å²) >= 11 is 1.73. The molecule has 1 aromatic rings. The van der Waals surface area contributed by atoms with Crippen LogP contribution in [-0.4, -0.2) is 23.4 Å².